The van der Waals surface area contributed by atoms with Crippen LogP contribution in [-0.2, 0) is 4.79 Å². The van der Waals surface area contributed by atoms with Gasteiger partial charge in [0.2, 0.25) is 5.91 Å². The lowest BCUT2D eigenvalue weighted by atomic mass is 10.1. The Kier molecular flexibility index (Phi) is 6.06. The number of aryl methyl sites for hydroxylation is 2. The quantitative estimate of drug-likeness (QED) is 0.602. The largest absolute Gasteiger partial charge is 0.326 e. The van der Waals surface area contributed by atoms with Crippen LogP contribution in [0.4, 0.5) is 5.69 Å². The molecule has 1 N–H and O–H groups in total. The molecule has 0 aromatic heterocycles. The van der Waals surface area contributed by atoms with Crippen molar-refractivity contribution in [2.45, 2.75) is 39.5 Å². The fourth-order valence-electron chi connectivity index (χ4n) is 1.77. The summed E-state index contributed by atoms with van der Waals surface area (Å²) in [6, 6.07) is 6.02. The van der Waals surface area contributed by atoms with E-state index in [1.807, 2.05) is 32.0 Å². The molecule has 0 saturated heterocycles. The van der Waals surface area contributed by atoms with Gasteiger partial charge in [0.25, 0.3) is 0 Å². The summed E-state index contributed by atoms with van der Waals surface area (Å²) in [7, 11) is 0. The molecule has 1 rings (SSSR count). The van der Waals surface area contributed by atoms with E-state index in [1.165, 1.54) is 0 Å². The van der Waals surface area contributed by atoms with Gasteiger partial charge in [0.1, 0.15) is 0 Å². The molecule has 2 nitrogen and oxygen atoms in total. The summed E-state index contributed by atoms with van der Waals surface area (Å²) < 4.78 is 0. The van der Waals surface area contributed by atoms with Gasteiger partial charge in [0, 0.05) is 18.0 Å². The summed E-state index contributed by atoms with van der Waals surface area (Å²) in [5, 5.41) is 2.98. The zero-order valence-corrected chi connectivity index (χ0v) is 11.3. The molecule has 0 aliphatic rings. The molecule has 1 amide bonds. The number of carbonyl (C=O) groups is 1. The van der Waals surface area contributed by atoms with Crippen molar-refractivity contribution in [3.05, 3.63) is 29.3 Å². The molecule has 94 valence electrons. The average molecular weight is 254 g/mol. The number of halogens is 1. The predicted molar refractivity (Wildman–Crippen MR) is 73.7 cm³/mol. The number of unbranched alkanes of at least 4 members (excludes halogenated alkanes) is 2. The molecule has 0 heterocycles. The third-order valence-corrected chi connectivity index (χ3v) is 3.05. The Morgan fingerprint density at radius 3 is 2.41 bits per heavy atom. The van der Waals surface area contributed by atoms with Gasteiger partial charge >= 0.3 is 0 Å². The van der Waals surface area contributed by atoms with Gasteiger partial charge < -0.3 is 5.32 Å². The van der Waals surface area contributed by atoms with Gasteiger partial charge in [-0.15, -0.1) is 11.6 Å². The Morgan fingerprint density at radius 2 is 1.82 bits per heavy atom. The van der Waals surface area contributed by atoms with E-state index in [0.29, 0.717) is 12.3 Å². The Balaban J connectivity index is 2.45. The molecule has 0 spiro atoms. The summed E-state index contributed by atoms with van der Waals surface area (Å²) >= 11 is 5.59. The Labute approximate surface area is 108 Å². The van der Waals surface area contributed by atoms with E-state index in [1.54, 1.807) is 0 Å². The number of amides is 1. The number of nitrogens with one attached hydrogen (secondary N) is 1. The number of carbonyl (C=O) groups excluding carboxylic acids is 1. The maximum absolute atomic E-state index is 11.7. The van der Waals surface area contributed by atoms with Crippen molar-refractivity contribution in [1.82, 2.24) is 0 Å². The van der Waals surface area contributed by atoms with Crippen molar-refractivity contribution in [2.75, 3.05) is 11.2 Å². The van der Waals surface area contributed by atoms with Crippen LogP contribution in [-0.4, -0.2) is 11.8 Å². The molecule has 1 aromatic rings. The van der Waals surface area contributed by atoms with Crippen LogP contribution in [0.5, 0.6) is 0 Å². The highest BCUT2D eigenvalue weighted by Crippen LogP contribution is 2.19. The van der Waals surface area contributed by atoms with Crippen molar-refractivity contribution in [3.63, 3.8) is 0 Å². The van der Waals surface area contributed by atoms with Gasteiger partial charge in [-0.2, -0.15) is 0 Å². The number of hydrogen-bond acceptors (Lipinski definition) is 1. The van der Waals surface area contributed by atoms with Crippen LogP contribution >= 0.6 is 11.6 Å². The van der Waals surface area contributed by atoms with Crippen LogP contribution < -0.4 is 5.32 Å². The second kappa shape index (κ2) is 7.33. The summed E-state index contributed by atoms with van der Waals surface area (Å²) in [5.74, 6) is 0.774. The Bertz CT molecular complexity index is 356. The SMILES string of the molecule is Cc1cccc(C)c1NC(=O)CCCCCCl. The average Bonchev–Trinajstić information content (AvgIpc) is 2.30. The molecule has 0 aliphatic heterocycles. The number of alkyl halides is 1. The minimum atomic E-state index is 0.0944. The summed E-state index contributed by atoms with van der Waals surface area (Å²) in [6.45, 7) is 4.02. The number of para-hydroxylation sites is 1. The second-order valence-electron chi connectivity index (χ2n) is 4.31. The minimum Gasteiger partial charge on any atom is -0.326 e. The third kappa shape index (κ3) is 4.78. The van der Waals surface area contributed by atoms with Crippen molar-refractivity contribution in [1.29, 1.82) is 0 Å². The lowest BCUT2D eigenvalue weighted by Gasteiger charge is -2.11. The van der Waals surface area contributed by atoms with E-state index in [4.69, 9.17) is 11.6 Å². The third-order valence-electron chi connectivity index (χ3n) is 2.78. The van der Waals surface area contributed by atoms with E-state index >= 15 is 0 Å². The van der Waals surface area contributed by atoms with Gasteiger partial charge in [0.05, 0.1) is 0 Å². The van der Waals surface area contributed by atoms with Crippen LogP contribution in [0.3, 0.4) is 0 Å². The first kappa shape index (κ1) is 14.0. The topological polar surface area (TPSA) is 29.1 Å². The van der Waals surface area contributed by atoms with Crippen molar-refractivity contribution in [3.8, 4) is 0 Å². The van der Waals surface area contributed by atoms with Crippen molar-refractivity contribution < 1.29 is 4.79 Å². The molecule has 0 fully saturated rings. The predicted octanol–water partition coefficient (Wildman–Crippen LogP) is 4.04. The molecular weight excluding hydrogens is 234 g/mol. The van der Waals surface area contributed by atoms with E-state index in [0.717, 1.165) is 36.1 Å². The van der Waals surface area contributed by atoms with Gasteiger partial charge in [-0.3, -0.25) is 4.79 Å². The monoisotopic (exact) mass is 253 g/mol. The van der Waals surface area contributed by atoms with Gasteiger partial charge in [-0.05, 0) is 37.8 Å². The molecule has 17 heavy (non-hydrogen) atoms. The lowest BCUT2D eigenvalue weighted by Crippen LogP contribution is -2.13. The van der Waals surface area contributed by atoms with E-state index in [9.17, 15) is 4.79 Å². The molecule has 0 radical (unpaired) electrons. The number of benzene rings is 1. The first-order valence-electron chi connectivity index (χ1n) is 6.07. The van der Waals surface area contributed by atoms with E-state index in [2.05, 4.69) is 5.32 Å². The second-order valence-corrected chi connectivity index (χ2v) is 4.69. The fourth-order valence-corrected chi connectivity index (χ4v) is 1.96. The van der Waals surface area contributed by atoms with Gasteiger partial charge in [-0.25, -0.2) is 0 Å². The highest BCUT2D eigenvalue weighted by molar-refractivity contribution is 6.17. The van der Waals surface area contributed by atoms with Crippen LogP contribution in [0.25, 0.3) is 0 Å². The molecule has 0 saturated carbocycles. The van der Waals surface area contributed by atoms with Gasteiger partial charge in [-0.1, -0.05) is 24.6 Å². The van der Waals surface area contributed by atoms with E-state index < -0.39 is 0 Å². The van der Waals surface area contributed by atoms with Crippen LogP contribution in [0.1, 0.15) is 36.8 Å². The highest BCUT2D eigenvalue weighted by atomic mass is 35.5. The summed E-state index contributed by atoms with van der Waals surface area (Å²) in [4.78, 5) is 11.7. The summed E-state index contributed by atoms with van der Waals surface area (Å²) in [5.41, 5.74) is 3.17. The Morgan fingerprint density at radius 1 is 1.18 bits per heavy atom. The maximum atomic E-state index is 11.7. The molecule has 3 heteroatoms. The number of rotatable bonds is 6. The smallest absolute Gasteiger partial charge is 0.224 e. The minimum absolute atomic E-state index is 0.0944. The zero-order chi connectivity index (χ0) is 12.7. The first-order chi connectivity index (χ1) is 8.15. The molecule has 0 bridgehead atoms. The highest BCUT2D eigenvalue weighted by Gasteiger charge is 2.06. The Hall–Kier alpha value is -1.02. The fraction of sp³-hybridized carbons (Fsp3) is 0.500. The molecule has 0 aliphatic carbocycles. The molecular formula is C14H20ClNO. The van der Waals surface area contributed by atoms with Crippen LogP contribution in [0, 0.1) is 13.8 Å². The first-order valence-corrected chi connectivity index (χ1v) is 6.60. The molecule has 1 aromatic carbocycles. The molecule has 0 atom stereocenters. The summed E-state index contributed by atoms with van der Waals surface area (Å²) in [6.07, 6.45) is 3.48. The standard InChI is InChI=1S/C14H20ClNO/c1-11-7-6-8-12(2)14(11)16-13(17)9-4-3-5-10-15/h6-8H,3-5,9-10H2,1-2H3,(H,16,17). The van der Waals surface area contributed by atoms with Gasteiger partial charge in [0.15, 0.2) is 0 Å². The van der Waals surface area contributed by atoms with Crippen molar-refractivity contribution >= 4 is 23.2 Å². The number of hydrogen-bond donors (Lipinski definition) is 1. The van der Waals surface area contributed by atoms with Crippen LogP contribution in [0.2, 0.25) is 0 Å². The van der Waals surface area contributed by atoms with Crippen molar-refractivity contribution in [2.24, 2.45) is 0 Å². The normalized spacial score (nSPS) is 10.3. The maximum Gasteiger partial charge on any atom is 0.224 e. The number of anilines is 1. The lowest BCUT2D eigenvalue weighted by molar-refractivity contribution is -0.116. The molecule has 0 unspecified atom stereocenters. The van der Waals surface area contributed by atoms with E-state index in [-0.39, 0.29) is 5.91 Å². The van der Waals surface area contributed by atoms with Crippen LogP contribution in [0.15, 0.2) is 18.2 Å². The zero-order valence-electron chi connectivity index (χ0n) is 10.6.